The molecule has 1 amide bonds. The number of nitrogens with one attached hydrogen (secondary N) is 1. The van der Waals surface area contributed by atoms with Crippen LogP contribution >= 0.6 is 11.8 Å². The molecule has 2 N–H and O–H groups in total. The van der Waals surface area contributed by atoms with Gasteiger partial charge in [-0.3, -0.25) is 4.79 Å². The molecule has 0 saturated heterocycles. The highest BCUT2D eigenvalue weighted by molar-refractivity contribution is 8.17. The molecule has 0 rings (SSSR count). The first kappa shape index (κ1) is 12.0. The lowest BCUT2D eigenvalue weighted by molar-refractivity contribution is 0.253. The van der Waals surface area contributed by atoms with Crippen molar-refractivity contribution >= 4 is 17.0 Å². The van der Waals surface area contributed by atoms with Crippen LogP contribution in [0.2, 0.25) is 0 Å². The average Bonchev–Trinajstić information content (AvgIpc) is 2.14. The maximum atomic E-state index is 11.1. The van der Waals surface area contributed by atoms with Crippen LogP contribution in [0.5, 0.6) is 0 Å². The van der Waals surface area contributed by atoms with E-state index in [2.05, 4.69) is 18.5 Å². The number of rotatable bonds is 5. The first-order valence-electron chi connectivity index (χ1n) is 3.76. The summed E-state index contributed by atoms with van der Waals surface area (Å²) in [6.45, 7) is 7.27. The van der Waals surface area contributed by atoms with Crippen molar-refractivity contribution in [2.75, 3.05) is 13.2 Å². The fourth-order valence-electron chi connectivity index (χ4n) is 0.561. The van der Waals surface area contributed by atoms with Gasteiger partial charge in [0.15, 0.2) is 0 Å². The van der Waals surface area contributed by atoms with Crippen LogP contribution in [-0.2, 0) is 0 Å². The Morgan fingerprint density at radius 1 is 1.54 bits per heavy atom. The lowest BCUT2D eigenvalue weighted by Crippen LogP contribution is -2.22. The van der Waals surface area contributed by atoms with Gasteiger partial charge in [-0.15, -0.1) is 0 Å². The van der Waals surface area contributed by atoms with E-state index in [1.54, 1.807) is 18.2 Å². The monoisotopic (exact) mass is 199 g/mol. The van der Waals surface area contributed by atoms with Gasteiger partial charge < -0.3 is 10.4 Å². The maximum Gasteiger partial charge on any atom is 0.283 e. The molecular formula is C9H13NO2S. The second-order valence-electron chi connectivity index (χ2n) is 2.05. The molecule has 4 heteroatoms. The van der Waals surface area contributed by atoms with Crippen LogP contribution in [0.15, 0.2) is 36.3 Å². The van der Waals surface area contributed by atoms with Crippen LogP contribution in [0.4, 0.5) is 4.79 Å². The van der Waals surface area contributed by atoms with Crippen molar-refractivity contribution in [3.63, 3.8) is 0 Å². The van der Waals surface area contributed by atoms with Crippen LogP contribution < -0.4 is 5.32 Å². The van der Waals surface area contributed by atoms with Crippen molar-refractivity contribution in [1.82, 2.24) is 5.32 Å². The summed E-state index contributed by atoms with van der Waals surface area (Å²) in [6.07, 6.45) is 4.85. The smallest absolute Gasteiger partial charge is 0.283 e. The molecule has 0 aliphatic rings. The Bertz CT molecular complexity index is 224. The molecule has 0 heterocycles. The quantitative estimate of drug-likeness (QED) is 0.662. The van der Waals surface area contributed by atoms with Gasteiger partial charge in [-0.05, 0) is 17.8 Å². The van der Waals surface area contributed by atoms with E-state index in [0.29, 0.717) is 0 Å². The predicted octanol–water partition coefficient (Wildman–Crippen LogP) is 1.68. The highest BCUT2D eigenvalue weighted by Crippen LogP contribution is 2.16. The minimum atomic E-state index is -0.206. The number of aliphatic hydroxyl groups excluding tert-OH is 1. The highest BCUT2D eigenvalue weighted by Gasteiger charge is 2.01. The summed E-state index contributed by atoms with van der Waals surface area (Å²) in [5.41, 5.74) is 0. The number of allylic oxidation sites excluding steroid dienone is 3. The molecule has 0 unspecified atom stereocenters. The van der Waals surface area contributed by atoms with Crippen LogP contribution in [-0.4, -0.2) is 23.5 Å². The molecule has 0 fully saturated rings. The average molecular weight is 199 g/mol. The van der Waals surface area contributed by atoms with Gasteiger partial charge in [0, 0.05) is 11.4 Å². The third-order valence-corrected chi connectivity index (χ3v) is 1.94. The third-order valence-electron chi connectivity index (χ3n) is 1.07. The molecule has 0 aliphatic carbocycles. The van der Waals surface area contributed by atoms with Crippen LogP contribution in [0, 0.1) is 0 Å². The largest absolute Gasteiger partial charge is 0.395 e. The molecule has 0 radical (unpaired) electrons. The van der Waals surface area contributed by atoms with Gasteiger partial charge in [0.1, 0.15) is 0 Å². The molecule has 13 heavy (non-hydrogen) atoms. The molecule has 0 aromatic heterocycles. The number of carbonyl (C=O) groups excluding carboxylic acids is 1. The van der Waals surface area contributed by atoms with Crippen molar-refractivity contribution in [1.29, 1.82) is 0 Å². The summed E-state index contributed by atoms with van der Waals surface area (Å²) in [4.78, 5) is 11.8. The fourth-order valence-corrected chi connectivity index (χ4v) is 1.20. The van der Waals surface area contributed by atoms with Crippen molar-refractivity contribution < 1.29 is 9.90 Å². The minimum Gasteiger partial charge on any atom is -0.395 e. The Hall–Kier alpha value is -1.00. The van der Waals surface area contributed by atoms with E-state index < -0.39 is 0 Å². The lowest BCUT2D eigenvalue weighted by atomic mass is 10.5. The van der Waals surface area contributed by atoms with Gasteiger partial charge in [0.2, 0.25) is 0 Å². The summed E-state index contributed by atoms with van der Waals surface area (Å²) in [6, 6.07) is 0. The Balaban J connectivity index is 3.94. The van der Waals surface area contributed by atoms with Crippen molar-refractivity contribution in [2.24, 2.45) is 0 Å². The Morgan fingerprint density at radius 3 is 2.69 bits per heavy atom. The fraction of sp³-hybridized carbons (Fsp3) is 0.222. The Morgan fingerprint density at radius 2 is 2.23 bits per heavy atom. The molecule has 0 atom stereocenters. The first-order chi connectivity index (χ1) is 6.24. The molecule has 0 spiro atoms. The molecule has 0 saturated carbocycles. The topological polar surface area (TPSA) is 49.3 Å². The molecule has 0 aliphatic heterocycles. The molecule has 72 valence electrons. The van der Waals surface area contributed by atoms with Crippen molar-refractivity contribution in [2.45, 2.75) is 0 Å². The van der Waals surface area contributed by atoms with E-state index in [0.717, 1.165) is 16.7 Å². The summed E-state index contributed by atoms with van der Waals surface area (Å²) in [5.74, 6) is 0. The molecule has 0 aromatic rings. The van der Waals surface area contributed by atoms with Gasteiger partial charge >= 0.3 is 0 Å². The maximum absolute atomic E-state index is 11.1. The number of carbonyl (C=O) groups is 1. The van der Waals surface area contributed by atoms with E-state index in [1.165, 1.54) is 0 Å². The number of amides is 1. The zero-order chi connectivity index (χ0) is 10.1. The summed E-state index contributed by atoms with van der Waals surface area (Å²) >= 11 is 1.02. The van der Waals surface area contributed by atoms with E-state index in [-0.39, 0.29) is 18.4 Å². The zero-order valence-electron chi connectivity index (χ0n) is 7.32. The SMILES string of the molecule is C=C/C=C(\C=C)SC(=O)NCCO. The van der Waals surface area contributed by atoms with Crippen LogP contribution in [0.1, 0.15) is 0 Å². The van der Waals surface area contributed by atoms with E-state index in [1.807, 2.05) is 0 Å². The number of hydrogen-bond donors (Lipinski definition) is 2. The molecule has 0 aromatic carbocycles. The van der Waals surface area contributed by atoms with E-state index in [9.17, 15) is 4.79 Å². The number of thioether (sulfide) groups is 1. The Kier molecular flexibility index (Phi) is 7.05. The summed E-state index contributed by atoms with van der Waals surface area (Å²) < 4.78 is 0. The third kappa shape index (κ3) is 6.19. The minimum absolute atomic E-state index is 0.0547. The van der Waals surface area contributed by atoms with Crippen LogP contribution in [0.3, 0.4) is 0 Å². The van der Waals surface area contributed by atoms with Gasteiger partial charge in [0.25, 0.3) is 5.24 Å². The number of aliphatic hydroxyl groups is 1. The van der Waals surface area contributed by atoms with Crippen molar-refractivity contribution in [3.05, 3.63) is 36.3 Å². The molecule has 0 bridgehead atoms. The highest BCUT2D eigenvalue weighted by atomic mass is 32.2. The Labute approximate surface area is 82.2 Å². The van der Waals surface area contributed by atoms with Crippen molar-refractivity contribution in [3.8, 4) is 0 Å². The van der Waals surface area contributed by atoms with E-state index in [4.69, 9.17) is 5.11 Å². The lowest BCUT2D eigenvalue weighted by Gasteiger charge is -2.01. The second-order valence-corrected chi connectivity index (χ2v) is 3.10. The first-order valence-corrected chi connectivity index (χ1v) is 4.58. The zero-order valence-corrected chi connectivity index (χ0v) is 8.14. The van der Waals surface area contributed by atoms with E-state index >= 15 is 0 Å². The van der Waals surface area contributed by atoms with Gasteiger partial charge in [-0.25, -0.2) is 0 Å². The van der Waals surface area contributed by atoms with Gasteiger partial charge in [-0.1, -0.05) is 25.3 Å². The summed E-state index contributed by atoms with van der Waals surface area (Å²) in [7, 11) is 0. The number of hydrogen-bond acceptors (Lipinski definition) is 3. The van der Waals surface area contributed by atoms with Gasteiger partial charge in [0.05, 0.1) is 6.61 Å². The molecular weight excluding hydrogens is 186 g/mol. The standard InChI is InChI=1S/C9H13NO2S/c1-3-5-8(4-2)13-9(12)10-6-7-11/h3-5,11H,1-2,6-7H2,(H,10,12)/b8-5+. The van der Waals surface area contributed by atoms with Crippen LogP contribution in [0.25, 0.3) is 0 Å². The predicted molar refractivity (Wildman–Crippen MR) is 56.6 cm³/mol. The summed E-state index contributed by atoms with van der Waals surface area (Å²) in [5, 5.41) is 10.7. The normalized spacial score (nSPS) is 10.7. The van der Waals surface area contributed by atoms with Gasteiger partial charge in [-0.2, -0.15) is 0 Å². The molecule has 3 nitrogen and oxygen atoms in total. The second kappa shape index (κ2) is 7.64.